The fourth-order valence-electron chi connectivity index (χ4n) is 3.64. The lowest BCUT2D eigenvalue weighted by Crippen LogP contribution is -2.11. The van der Waals surface area contributed by atoms with E-state index < -0.39 is 5.92 Å². The molecular weight excluding hydrogens is 360 g/mol. The molecule has 0 amide bonds. The molecule has 140 valence electrons. The van der Waals surface area contributed by atoms with Gasteiger partial charge < -0.3 is 9.47 Å². The first-order valence-electron chi connectivity index (χ1n) is 9.52. The van der Waals surface area contributed by atoms with Crippen molar-refractivity contribution in [2.75, 3.05) is 0 Å². The highest BCUT2D eigenvalue weighted by Crippen LogP contribution is 2.42. The molecule has 4 aromatic rings. The highest BCUT2D eigenvalue weighted by Gasteiger charge is 2.35. The van der Waals surface area contributed by atoms with E-state index in [0.29, 0.717) is 11.5 Å². The summed E-state index contributed by atoms with van der Waals surface area (Å²) in [5.74, 6) is 1.31. The molecule has 0 radical (unpaired) electrons. The number of hydrogen-bond donors (Lipinski definition) is 0. The van der Waals surface area contributed by atoms with Crippen molar-refractivity contribution in [3.05, 3.63) is 114 Å². The van der Waals surface area contributed by atoms with Crippen molar-refractivity contribution in [1.82, 2.24) is 0 Å². The van der Waals surface area contributed by atoms with Gasteiger partial charge in [0.1, 0.15) is 23.2 Å². The van der Waals surface area contributed by atoms with Crippen LogP contribution < -0.4 is 9.47 Å². The van der Waals surface area contributed by atoms with Crippen molar-refractivity contribution in [2.45, 2.75) is 5.92 Å². The van der Waals surface area contributed by atoms with Gasteiger partial charge in [0.15, 0.2) is 0 Å². The summed E-state index contributed by atoms with van der Waals surface area (Å²) < 4.78 is 11.4. The third-order valence-electron chi connectivity index (χ3n) is 5.07. The third kappa shape index (κ3) is 3.39. The van der Waals surface area contributed by atoms with Crippen LogP contribution in [0.25, 0.3) is 11.1 Å². The highest BCUT2D eigenvalue weighted by molar-refractivity contribution is 5.90. The van der Waals surface area contributed by atoms with Gasteiger partial charge in [0, 0.05) is 5.56 Å². The third-order valence-corrected chi connectivity index (χ3v) is 5.07. The van der Waals surface area contributed by atoms with E-state index in [1.54, 1.807) is 6.07 Å². The van der Waals surface area contributed by atoms with Gasteiger partial charge in [0.25, 0.3) is 0 Å². The average Bonchev–Trinajstić information content (AvgIpc) is 3.10. The van der Waals surface area contributed by atoms with E-state index in [2.05, 4.69) is 12.1 Å². The first kappa shape index (κ1) is 17.3. The molecule has 1 atom stereocenters. The van der Waals surface area contributed by atoms with Crippen molar-refractivity contribution in [2.24, 2.45) is 0 Å². The quantitative estimate of drug-likeness (QED) is 0.313. The zero-order valence-electron chi connectivity index (χ0n) is 15.6. The maximum atomic E-state index is 12.6. The minimum Gasteiger partial charge on any atom is -0.457 e. The fourth-order valence-corrected chi connectivity index (χ4v) is 3.64. The minimum absolute atomic E-state index is 0.260. The van der Waals surface area contributed by atoms with Crippen LogP contribution >= 0.6 is 0 Å². The van der Waals surface area contributed by atoms with E-state index in [1.165, 1.54) is 0 Å². The lowest BCUT2D eigenvalue weighted by molar-refractivity contribution is -0.133. The molecule has 4 aromatic carbocycles. The molecule has 1 heterocycles. The van der Waals surface area contributed by atoms with Crippen LogP contribution in [0.2, 0.25) is 0 Å². The number of rotatable bonds is 4. The topological polar surface area (TPSA) is 35.5 Å². The molecule has 0 saturated heterocycles. The second-order valence-electron chi connectivity index (χ2n) is 6.96. The van der Waals surface area contributed by atoms with Crippen LogP contribution in [0.3, 0.4) is 0 Å². The van der Waals surface area contributed by atoms with E-state index in [4.69, 9.17) is 9.47 Å². The molecule has 1 aliphatic rings. The number of para-hydroxylation sites is 1. The second-order valence-corrected chi connectivity index (χ2v) is 6.96. The first-order valence-corrected chi connectivity index (χ1v) is 9.52. The van der Waals surface area contributed by atoms with Crippen LogP contribution in [0.1, 0.15) is 17.0 Å². The normalized spacial score (nSPS) is 14.9. The predicted octanol–water partition coefficient (Wildman–Crippen LogP) is 6.20. The lowest BCUT2D eigenvalue weighted by atomic mass is 9.91. The Hall–Kier alpha value is -3.85. The maximum Gasteiger partial charge on any atom is 0.323 e. The monoisotopic (exact) mass is 378 g/mol. The Morgan fingerprint density at radius 1 is 0.655 bits per heavy atom. The highest BCUT2D eigenvalue weighted by atomic mass is 16.5. The van der Waals surface area contributed by atoms with Crippen molar-refractivity contribution in [3.63, 3.8) is 0 Å². The van der Waals surface area contributed by atoms with Gasteiger partial charge in [0.2, 0.25) is 0 Å². The van der Waals surface area contributed by atoms with Gasteiger partial charge in [-0.05, 0) is 47.0 Å². The molecular formula is C26H18O3. The number of carbonyl (C=O) groups is 1. The Labute approximate surface area is 169 Å². The number of benzene rings is 4. The van der Waals surface area contributed by atoms with Crippen molar-refractivity contribution < 1.29 is 14.3 Å². The molecule has 3 nitrogen and oxygen atoms in total. The van der Waals surface area contributed by atoms with Crippen molar-refractivity contribution in [1.29, 1.82) is 0 Å². The van der Waals surface area contributed by atoms with Crippen LogP contribution in [0.15, 0.2) is 103 Å². The molecule has 0 aromatic heterocycles. The Balaban J connectivity index is 1.46. The fraction of sp³-hybridized carbons (Fsp3) is 0.0385. The molecule has 1 aliphatic heterocycles. The van der Waals surface area contributed by atoms with E-state index >= 15 is 0 Å². The Kier molecular flexibility index (Phi) is 4.34. The largest absolute Gasteiger partial charge is 0.457 e. The molecule has 0 saturated carbocycles. The molecule has 0 N–H and O–H groups in total. The molecule has 5 rings (SSSR count). The average molecular weight is 378 g/mol. The van der Waals surface area contributed by atoms with Crippen LogP contribution in [0.5, 0.6) is 17.2 Å². The number of carbonyl (C=O) groups excluding carboxylic acids is 1. The molecule has 3 heteroatoms. The van der Waals surface area contributed by atoms with E-state index in [0.717, 1.165) is 28.0 Å². The minimum atomic E-state index is -0.450. The standard InChI is InChI=1S/C26H18O3/c27-26-25(20-13-11-19(12-14-20)18-7-3-1-4-8-18)23-17-22(15-16-24(23)29-26)28-21-9-5-2-6-10-21/h1-17,25H. The summed E-state index contributed by atoms with van der Waals surface area (Å²) in [6.07, 6.45) is 0. The predicted molar refractivity (Wildman–Crippen MR) is 112 cm³/mol. The second kappa shape index (κ2) is 7.28. The molecule has 0 aliphatic carbocycles. The van der Waals surface area contributed by atoms with Crippen LogP contribution in [-0.4, -0.2) is 5.97 Å². The van der Waals surface area contributed by atoms with E-state index in [9.17, 15) is 4.79 Å². The van der Waals surface area contributed by atoms with Crippen molar-refractivity contribution in [3.8, 4) is 28.4 Å². The summed E-state index contributed by atoms with van der Waals surface area (Å²) in [4.78, 5) is 12.6. The SMILES string of the molecule is O=C1Oc2ccc(Oc3ccccc3)cc2C1c1ccc(-c2ccccc2)cc1. The van der Waals surface area contributed by atoms with Crippen LogP contribution in [-0.2, 0) is 4.79 Å². The number of esters is 1. The zero-order chi connectivity index (χ0) is 19.6. The molecule has 1 unspecified atom stereocenters. The Bertz CT molecular complexity index is 1150. The molecule has 0 fully saturated rings. The van der Waals surface area contributed by atoms with Gasteiger partial charge in [0.05, 0.1) is 0 Å². The smallest absolute Gasteiger partial charge is 0.323 e. The summed E-state index contributed by atoms with van der Waals surface area (Å²) in [5, 5.41) is 0. The van der Waals surface area contributed by atoms with Crippen LogP contribution in [0.4, 0.5) is 0 Å². The van der Waals surface area contributed by atoms with Gasteiger partial charge in [-0.2, -0.15) is 0 Å². The van der Waals surface area contributed by atoms with Gasteiger partial charge in [-0.1, -0.05) is 72.8 Å². The van der Waals surface area contributed by atoms with E-state index in [-0.39, 0.29) is 5.97 Å². The molecule has 0 spiro atoms. The molecule has 29 heavy (non-hydrogen) atoms. The first-order chi connectivity index (χ1) is 14.3. The number of hydrogen-bond acceptors (Lipinski definition) is 3. The van der Waals surface area contributed by atoms with Gasteiger partial charge in [-0.3, -0.25) is 4.79 Å². The zero-order valence-corrected chi connectivity index (χ0v) is 15.6. The van der Waals surface area contributed by atoms with E-state index in [1.807, 2.05) is 84.9 Å². The lowest BCUT2D eigenvalue weighted by Gasteiger charge is -2.11. The maximum absolute atomic E-state index is 12.6. The summed E-state index contributed by atoms with van der Waals surface area (Å²) in [5.41, 5.74) is 4.00. The number of fused-ring (bicyclic) bond motifs is 1. The van der Waals surface area contributed by atoms with Gasteiger partial charge >= 0.3 is 5.97 Å². The van der Waals surface area contributed by atoms with Gasteiger partial charge in [-0.15, -0.1) is 0 Å². The Morgan fingerprint density at radius 2 is 1.31 bits per heavy atom. The van der Waals surface area contributed by atoms with Crippen LogP contribution in [0, 0.1) is 0 Å². The molecule has 0 bridgehead atoms. The summed E-state index contributed by atoms with van der Waals surface area (Å²) >= 11 is 0. The van der Waals surface area contributed by atoms with Gasteiger partial charge in [-0.25, -0.2) is 0 Å². The summed E-state index contributed by atoms with van der Waals surface area (Å²) in [7, 11) is 0. The van der Waals surface area contributed by atoms with Crippen molar-refractivity contribution >= 4 is 5.97 Å². The summed E-state index contributed by atoms with van der Waals surface area (Å²) in [6, 6.07) is 33.3. The number of ether oxygens (including phenoxy) is 2. The Morgan fingerprint density at radius 3 is 2.03 bits per heavy atom. The summed E-state index contributed by atoms with van der Waals surface area (Å²) in [6.45, 7) is 0.